The van der Waals surface area contributed by atoms with Crippen LogP contribution in [-0.4, -0.2) is 32.2 Å². The Morgan fingerprint density at radius 1 is 0.786 bits per heavy atom. The third-order valence-corrected chi connectivity index (χ3v) is 6.36. The molecule has 0 aromatic rings. The molecule has 1 saturated heterocycles. The second-order valence-electron chi connectivity index (χ2n) is 9.31. The smallest absolute Gasteiger partial charge is 0.170 e. The summed E-state index contributed by atoms with van der Waals surface area (Å²) in [5.41, 5.74) is 0.411. The first-order valence-corrected chi connectivity index (χ1v) is 12.4. The van der Waals surface area contributed by atoms with Gasteiger partial charge in [0, 0.05) is 24.5 Å². The van der Waals surface area contributed by atoms with E-state index in [4.69, 9.17) is 14.2 Å². The summed E-state index contributed by atoms with van der Waals surface area (Å²) in [6, 6.07) is 0. The van der Waals surface area contributed by atoms with Crippen molar-refractivity contribution in [2.75, 3.05) is 26.4 Å². The largest absolute Gasteiger partial charge is 0.380 e. The fraction of sp³-hybridized carbons (Fsp3) is 1.00. The van der Waals surface area contributed by atoms with Gasteiger partial charge in [0.25, 0.3) is 0 Å². The average molecular weight is 399 g/mol. The summed E-state index contributed by atoms with van der Waals surface area (Å²) in [5.74, 6) is 0.123. The van der Waals surface area contributed by atoms with Gasteiger partial charge in [-0.3, -0.25) is 0 Å². The van der Waals surface area contributed by atoms with E-state index in [0.29, 0.717) is 11.3 Å². The lowest BCUT2D eigenvalue weighted by Gasteiger charge is -2.42. The lowest BCUT2D eigenvalue weighted by molar-refractivity contribution is -0.272. The Labute approximate surface area is 176 Å². The lowest BCUT2D eigenvalue weighted by atomic mass is 9.79. The molecule has 28 heavy (non-hydrogen) atoms. The van der Waals surface area contributed by atoms with Crippen LogP contribution in [0, 0.1) is 11.3 Å². The van der Waals surface area contributed by atoms with Crippen LogP contribution in [0.4, 0.5) is 0 Å². The Morgan fingerprint density at radius 3 is 1.86 bits per heavy atom. The highest BCUT2D eigenvalue weighted by atomic mass is 16.7. The molecule has 168 valence electrons. The van der Waals surface area contributed by atoms with Crippen molar-refractivity contribution < 1.29 is 14.2 Å². The lowest BCUT2D eigenvalue weighted by Crippen LogP contribution is -2.44. The van der Waals surface area contributed by atoms with E-state index in [1.807, 2.05) is 0 Å². The molecule has 1 aliphatic heterocycles. The van der Waals surface area contributed by atoms with Crippen molar-refractivity contribution in [1.29, 1.82) is 0 Å². The highest BCUT2D eigenvalue weighted by Crippen LogP contribution is 2.39. The maximum Gasteiger partial charge on any atom is 0.170 e. The monoisotopic (exact) mass is 398 g/mol. The van der Waals surface area contributed by atoms with Gasteiger partial charge in [0.1, 0.15) is 0 Å². The molecule has 3 heteroatoms. The van der Waals surface area contributed by atoms with Gasteiger partial charge in [0.15, 0.2) is 5.79 Å². The van der Waals surface area contributed by atoms with Crippen molar-refractivity contribution in [2.45, 2.75) is 124 Å². The molecule has 0 saturated carbocycles. The second kappa shape index (κ2) is 14.8. The Kier molecular flexibility index (Phi) is 13.7. The first-order chi connectivity index (χ1) is 13.6. The predicted molar refractivity (Wildman–Crippen MR) is 120 cm³/mol. The molecular weight excluding hydrogens is 348 g/mol. The zero-order valence-electron chi connectivity index (χ0n) is 19.8. The van der Waals surface area contributed by atoms with Crippen molar-refractivity contribution >= 4 is 0 Å². The normalized spacial score (nSPS) is 17.5. The minimum Gasteiger partial charge on any atom is -0.380 e. The van der Waals surface area contributed by atoms with Crippen LogP contribution in [0.15, 0.2) is 0 Å². The van der Waals surface area contributed by atoms with Gasteiger partial charge >= 0.3 is 0 Å². The average Bonchev–Trinajstić information content (AvgIpc) is 2.68. The van der Waals surface area contributed by atoms with Crippen molar-refractivity contribution in [3.8, 4) is 0 Å². The number of hydrogen-bond donors (Lipinski definition) is 0. The summed E-state index contributed by atoms with van der Waals surface area (Å²) in [6.07, 6.45) is 16.1. The van der Waals surface area contributed by atoms with Crippen LogP contribution in [0.3, 0.4) is 0 Å². The molecule has 1 rings (SSSR count). The van der Waals surface area contributed by atoms with E-state index >= 15 is 0 Å². The molecule has 0 radical (unpaired) electrons. The molecule has 1 aliphatic rings. The fourth-order valence-corrected chi connectivity index (χ4v) is 4.45. The third-order valence-electron chi connectivity index (χ3n) is 6.36. The molecule has 0 N–H and O–H groups in total. The van der Waals surface area contributed by atoms with E-state index in [0.717, 1.165) is 45.7 Å². The van der Waals surface area contributed by atoms with Gasteiger partial charge in [-0.05, 0) is 38.5 Å². The van der Waals surface area contributed by atoms with Crippen LogP contribution in [0.1, 0.15) is 118 Å². The van der Waals surface area contributed by atoms with E-state index in [1.54, 1.807) is 0 Å². The molecule has 3 nitrogen and oxygen atoms in total. The Balaban J connectivity index is 2.67. The predicted octanol–water partition coefficient (Wildman–Crippen LogP) is 7.52. The van der Waals surface area contributed by atoms with E-state index < -0.39 is 0 Å². The summed E-state index contributed by atoms with van der Waals surface area (Å²) < 4.78 is 18.4. The van der Waals surface area contributed by atoms with E-state index in [1.165, 1.54) is 64.2 Å². The van der Waals surface area contributed by atoms with Gasteiger partial charge in [-0.2, -0.15) is 0 Å². The zero-order valence-corrected chi connectivity index (χ0v) is 19.8. The van der Waals surface area contributed by atoms with E-state index in [9.17, 15) is 0 Å². The molecule has 1 unspecified atom stereocenters. The Hall–Kier alpha value is -0.120. The number of rotatable bonds is 19. The Bertz CT molecular complexity index is 357. The van der Waals surface area contributed by atoms with Crippen molar-refractivity contribution in [2.24, 2.45) is 11.3 Å². The Morgan fingerprint density at radius 2 is 1.36 bits per heavy atom. The van der Waals surface area contributed by atoms with Crippen molar-refractivity contribution in [3.05, 3.63) is 0 Å². The topological polar surface area (TPSA) is 27.7 Å². The van der Waals surface area contributed by atoms with Gasteiger partial charge in [-0.1, -0.05) is 79.6 Å². The molecule has 0 aliphatic carbocycles. The molecule has 1 atom stereocenters. The van der Waals surface area contributed by atoms with Gasteiger partial charge < -0.3 is 14.2 Å². The van der Waals surface area contributed by atoms with Gasteiger partial charge in [-0.25, -0.2) is 0 Å². The summed E-state index contributed by atoms with van der Waals surface area (Å²) in [7, 11) is 0. The first kappa shape index (κ1) is 25.9. The number of unbranched alkanes of at least 4 members (excludes halogenated alkanes) is 5. The minimum atomic E-state index is -0.382. The van der Waals surface area contributed by atoms with E-state index in [2.05, 4.69) is 34.6 Å². The van der Waals surface area contributed by atoms with Crippen LogP contribution in [0.2, 0.25) is 0 Å². The van der Waals surface area contributed by atoms with Crippen LogP contribution < -0.4 is 0 Å². The molecule has 0 aromatic heterocycles. The molecule has 1 fully saturated rings. The summed E-state index contributed by atoms with van der Waals surface area (Å²) in [6.45, 7) is 14.8. The third kappa shape index (κ3) is 9.13. The molecule has 1 heterocycles. The SMILES string of the molecule is CCCCCCCCC(CCCC1(C)COC1)C(CC)(OCCC)OCCC. The van der Waals surface area contributed by atoms with Crippen molar-refractivity contribution in [3.63, 3.8) is 0 Å². The molecule has 0 aromatic carbocycles. The highest BCUT2D eigenvalue weighted by Gasteiger charge is 2.39. The molecule has 0 bridgehead atoms. The molecule has 0 spiro atoms. The number of hydrogen-bond acceptors (Lipinski definition) is 3. The van der Waals surface area contributed by atoms with E-state index in [-0.39, 0.29) is 5.79 Å². The first-order valence-electron chi connectivity index (χ1n) is 12.4. The minimum absolute atomic E-state index is 0.382. The summed E-state index contributed by atoms with van der Waals surface area (Å²) >= 11 is 0. The van der Waals surface area contributed by atoms with Gasteiger partial charge in [-0.15, -0.1) is 0 Å². The standard InChI is InChI=1S/C25H50O3/c1-6-10-11-12-13-14-16-23(17-15-18-24(5)21-26-22-24)25(9-4,27-19-7-2)28-20-8-3/h23H,6-22H2,1-5H3. The fourth-order valence-electron chi connectivity index (χ4n) is 4.45. The van der Waals surface area contributed by atoms with Crippen LogP contribution in [-0.2, 0) is 14.2 Å². The molecule has 0 amide bonds. The maximum absolute atomic E-state index is 6.46. The quantitative estimate of drug-likeness (QED) is 0.166. The molecular formula is C25H50O3. The van der Waals surface area contributed by atoms with Crippen LogP contribution >= 0.6 is 0 Å². The van der Waals surface area contributed by atoms with Gasteiger partial charge in [0.2, 0.25) is 0 Å². The summed E-state index contributed by atoms with van der Waals surface area (Å²) in [4.78, 5) is 0. The summed E-state index contributed by atoms with van der Waals surface area (Å²) in [5, 5.41) is 0. The number of ether oxygens (including phenoxy) is 3. The van der Waals surface area contributed by atoms with Crippen molar-refractivity contribution in [1.82, 2.24) is 0 Å². The second-order valence-corrected chi connectivity index (χ2v) is 9.31. The maximum atomic E-state index is 6.46. The van der Waals surface area contributed by atoms with Gasteiger partial charge in [0.05, 0.1) is 13.2 Å². The van der Waals surface area contributed by atoms with Crippen LogP contribution in [0.5, 0.6) is 0 Å². The highest BCUT2D eigenvalue weighted by molar-refractivity contribution is 4.84. The zero-order chi connectivity index (χ0) is 20.7. The van der Waals surface area contributed by atoms with Crippen LogP contribution in [0.25, 0.3) is 0 Å².